The summed E-state index contributed by atoms with van der Waals surface area (Å²) in [6.07, 6.45) is 10.2. The number of halogens is 1. The molecule has 2 aromatic rings. The van der Waals surface area contributed by atoms with Crippen LogP contribution < -0.4 is 14.4 Å². The van der Waals surface area contributed by atoms with Crippen LogP contribution in [0.5, 0.6) is 11.5 Å². The first-order chi connectivity index (χ1) is 22.9. The number of hydrogen-bond donors (Lipinski definition) is 1. The summed E-state index contributed by atoms with van der Waals surface area (Å²) in [7, 11) is -3.38. The molecule has 1 aromatic carbocycles. The SMILES string of the molecule is CCN(C(=O)c1cc(F)ccc1Oc1cncnc1N1CC2(CCN(C[C@H]3CC[C@H](NS(=O)(=O)N4CCC(C)C4)CC3)CC2)C1)C(C)C. The van der Waals surface area contributed by atoms with Crippen molar-refractivity contribution in [3.63, 3.8) is 0 Å². The molecule has 1 spiro atoms. The molecule has 13 heteroatoms. The molecule has 1 aromatic heterocycles. The van der Waals surface area contributed by atoms with Gasteiger partial charge in [0.25, 0.3) is 16.1 Å². The van der Waals surface area contributed by atoms with Gasteiger partial charge in [-0.05, 0) is 109 Å². The van der Waals surface area contributed by atoms with Crippen LogP contribution in [0.25, 0.3) is 0 Å². The number of nitrogens with zero attached hydrogens (tertiary/aromatic N) is 6. The van der Waals surface area contributed by atoms with Gasteiger partial charge < -0.3 is 19.4 Å². The number of benzene rings is 1. The molecule has 4 heterocycles. The standard InChI is InChI=1S/C35H52FN7O4S/c1-5-43(25(2)3)34(44)30-18-28(36)8-11-31(30)47-32-19-37-24-38-33(32)41-22-35(23-41)13-16-40(17-14-35)21-27-6-9-29(10-7-27)39-48(45,46)42-15-12-26(4)20-42/h8,11,18-19,24-27,29,39H,5-7,9-10,12-17,20-23H2,1-4H3/t26?,27-,29-. The number of carbonyl (C=O) groups is 1. The second kappa shape index (κ2) is 14.5. The van der Waals surface area contributed by atoms with Crippen LogP contribution in [-0.4, -0.2) is 103 Å². The number of aromatic nitrogens is 2. The number of piperidine rings is 1. The van der Waals surface area contributed by atoms with E-state index in [1.165, 1.54) is 24.5 Å². The molecule has 11 nitrogen and oxygen atoms in total. The first-order valence-electron chi connectivity index (χ1n) is 17.8. The Hall–Kier alpha value is -2.87. The normalized spacial score (nSPS) is 25.0. The quantitative estimate of drug-likeness (QED) is 0.355. The van der Waals surface area contributed by atoms with E-state index in [1.54, 1.807) is 15.4 Å². The molecule has 0 bridgehead atoms. The molecule has 1 saturated carbocycles. The summed E-state index contributed by atoms with van der Waals surface area (Å²) in [5.41, 5.74) is 0.414. The van der Waals surface area contributed by atoms with Gasteiger partial charge in [-0.15, -0.1) is 0 Å². The molecule has 48 heavy (non-hydrogen) atoms. The predicted molar refractivity (Wildman–Crippen MR) is 184 cm³/mol. The van der Waals surface area contributed by atoms with E-state index in [-0.39, 0.29) is 34.7 Å². The maximum Gasteiger partial charge on any atom is 0.279 e. The maximum absolute atomic E-state index is 14.3. The van der Waals surface area contributed by atoms with Crippen LogP contribution in [0, 0.1) is 23.1 Å². The van der Waals surface area contributed by atoms with Crippen LogP contribution in [0.1, 0.15) is 83.0 Å². The van der Waals surface area contributed by atoms with Gasteiger partial charge in [0.15, 0.2) is 11.6 Å². The first-order valence-corrected chi connectivity index (χ1v) is 19.2. The van der Waals surface area contributed by atoms with E-state index in [1.807, 2.05) is 20.8 Å². The second-order valence-corrected chi connectivity index (χ2v) is 16.6. The lowest BCUT2D eigenvalue weighted by Gasteiger charge is -2.54. The van der Waals surface area contributed by atoms with Crippen LogP contribution in [0.4, 0.5) is 10.2 Å². The molecule has 3 saturated heterocycles. The zero-order chi connectivity index (χ0) is 34.1. The molecule has 4 aliphatic rings. The Morgan fingerprint density at radius 2 is 1.83 bits per heavy atom. The van der Waals surface area contributed by atoms with Gasteiger partial charge in [0.2, 0.25) is 0 Å². The van der Waals surface area contributed by atoms with Crippen molar-refractivity contribution in [1.29, 1.82) is 0 Å². The summed E-state index contributed by atoms with van der Waals surface area (Å²) in [5.74, 6) is 1.69. The second-order valence-electron chi connectivity index (χ2n) is 14.9. The monoisotopic (exact) mass is 685 g/mol. The van der Waals surface area contributed by atoms with Crippen molar-refractivity contribution >= 4 is 21.9 Å². The number of amides is 1. The topological polar surface area (TPSA) is 111 Å². The zero-order valence-corrected chi connectivity index (χ0v) is 29.7. The Morgan fingerprint density at radius 3 is 2.48 bits per heavy atom. The van der Waals surface area contributed by atoms with Crippen LogP contribution in [0.3, 0.4) is 0 Å². The molecule has 0 radical (unpaired) electrons. The van der Waals surface area contributed by atoms with Gasteiger partial charge in [0.05, 0.1) is 11.8 Å². The number of likely N-dealkylation sites (tertiary alicyclic amines) is 1. The lowest BCUT2D eigenvalue weighted by atomic mass is 9.71. The minimum absolute atomic E-state index is 0.0370. The molecule has 1 unspecified atom stereocenters. The molecule has 264 valence electrons. The molecule has 1 N–H and O–H groups in total. The Balaban J connectivity index is 0.993. The van der Waals surface area contributed by atoms with Gasteiger partial charge in [-0.3, -0.25) is 4.79 Å². The first kappa shape index (κ1) is 35.0. The Bertz CT molecular complexity index is 1540. The average Bonchev–Trinajstić information content (AvgIpc) is 3.50. The highest BCUT2D eigenvalue weighted by Gasteiger charge is 2.46. The lowest BCUT2D eigenvalue weighted by molar-refractivity contribution is 0.0617. The fourth-order valence-electron chi connectivity index (χ4n) is 8.06. The van der Waals surface area contributed by atoms with E-state index in [0.717, 1.165) is 77.7 Å². The fourth-order valence-corrected chi connectivity index (χ4v) is 9.66. The van der Waals surface area contributed by atoms with Gasteiger partial charge in [-0.2, -0.15) is 17.4 Å². The molecule has 1 atom stereocenters. The van der Waals surface area contributed by atoms with Gasteiger partial charge in [0, 0.05) is 56.8 Å². The van der Waals surface area contributed by atoms with Crippen LogP contribution in [0.15, 0.2) is 30.7 Å². The molecular formula is C35H52FN7O4S. The molecule has 3 aliphatic heterocycles. The Morgan fingerprint density at radius 1 is 1.10 bits per heavy atom. The largest absolute Gasteiger partial charge is 0.451 e. The predicted octanol–water partition coefficient (Wildman–Crippen LogP) is 4.92. The number of nitrogens with one attached hydrogen (secondary N) is 1. The number of rotatable bonds is 11. The Labute approximate surface area is 285 Å². The van der Waals surface area contributed by atoms with Crippen molar-refractivity contribution in [3.05, 3.63) is 42.1 Å². The fraction of sp³-hybridized carbons (Fsp3) is 0.686. The summed E-state index contributed by atoms with van der Waals surface area (Å²) in [6.45, 7) is 14.6. The van der Waals surface area contributed by atoms with E-state index < -0.39 is 16.0 Å². The molecule has 1 aliphatic carbocycles. The highest BCUT2D eigenvalue weighted by atomic mass is 32.2. The molecule has 1 amide bonds. The van der Waals surface area contributed by atoms with Crippen molar-refractivity contribution < 1.29 is 22.3 Å². The third-order valence-corrected chi connectivity index (χ3v) is 12.6. The van der Waals surface area contributed by atoms with Crippen LogP contribution >= 0.6 is 0 Å². The van der Waals surface area contributed by atoms with Crippen molar-refractivity contribution in [2.75, 3.05) is 57.3 Å². The van der Waals surface area contributed by atoms with Crippen molar-refractivity contribution in [2.24, 2.45) is 17.3 Å². The van der Waals surface area contributed by atoms with E-state index in [9.17, 15) is 17.6 Å². The van der Waals surface area contributed by atoms with Gasteiger partial charge in [-0.25, -0.2) is 14.4 Å². The van der Waals surface area contributed by atoms with Crippen LogP contribution in [-0.2, 0) is 10.2 Å². The van der Waals surface area contributed by atoms with Gasteiger partial charge in [-0.1, -0.05) is 6.92 Å². The minimum Gasteiger partial charge on any atom is -0.451 e. The summed E-state index contributed by atoms with van der Waals surface area (Å²) in [5, 5.41) is 0. The highest BCUT2D eigenvalue weighted by molar-refractivity contribution is 7.87. The molecule has 4 fully saturated rings. The van der Waals surface area contributed by atoms with Crippen LogP contribution in [0.2, 0.25) is 0 Å². The van der Waals surface area contributed by atoms with Crippen molar-refractivity contribution in [3.8, 4) is 11.5 Å². The number of hydrogen-bond acceptors (Lipinski definition) is 8. The summed E-state index contributed by atoms with van der Waals surface area (Å²) in [6, 6.07) is 4.05. The minimum atomic E-state index is -3.38. The van der Waals surface area contributed by atoms with Crippen molar-refractivity contribution in [2.45, 2.75) is 84.7 Å². The maximum atomic E-state index is 14.3. The third-order valence-electron chi connectivity index (χ3n) is 10.9. The summed E-state index contributed by atoms with van der Waals surface area (Å²) >= 11 is 0. The zero-order valence-electron chi connectivity index (χ0n) is 28.9. The summed E-state index contributed by atoms with van der Waals surface area (Å²) < 4.78 is 50.8. The highest BCUT2D eigenvalue weighted by Crippen LogP contribution is 2.45. The number of ether oxygens (including phenoxy) is 1. The molecular weight excluding hydrogens is 633 g/mol. The van der Waals surface area contributed by atoms with E-state index in [4.69, 9.17) is 4.74 Å². The average molecular weight is 686 g/mol. The van der Waals surface area contributed by atoms with E-state index in [0.29, 0.717) is 43.0 Å². The van der Waals surface area contributed by atoms with E-state index >= 15 is 0 Å². The number of carbonyl (C=O) groups excluding carboxylic acids is 1. The van der Waals surface area contributed by atoms with Crippen molar-refractivity contribution in [1.82, 2.24) is 28.8 Å². The Kier molecular flexibility index (Phi) is 10.6. The van der Waals surface area contributed by atoms with Gasteiger partial charge >= 0.3 is 0 Å². The third kappa shape index (κ3) is 7.79. The lowest BCUT2D eigenvalue weighted by Crippen LogP contribution is -2.61. The molecule has 6 rings (SSSR count). The number of anilines is 1. The summed E-state index contributed by atoms with van der Waals surface area (Å²) in [4.78, 5) is 28.6. The van der Waals surface area contributed by atoms with Gasteiger partial charge in [0.1, 0.15) is 17.9 Å². The smallest absolute Gasteiger partial charge is 0.279 e. The van der Waals surface area contributed by atoms with E-state index in [2.05, 4.69) is 31.4 Å².